The van der Waals surface area contributed by atoms with Gasteiger partial charge in [-0.25, -0.2) is 9.78 Å². The maximum atomic E-state index is 13.4. The molecular formula is C26H29N3O2. The number of para-hydroxylation sites is 1. The Labute approximate surface area is 183 Å². The van der Waals surface area contributed by atoms with E-state index in [4.69, 9.17) is 9.72 Å². The van der Waals surface area contributed by atoms with Crippen LogP contribution in [0.1, 0.15) is 37.7 Å². The third kappa shape index (κ3) is 3.54. The highest BCUT2D eigenvalue weighted by Gasteiger charge is 2.28. The molecule has 0 saturated heterocycles. The van der Waals surface area contributed by atoms with Gasteiger partial charge in [-0.15, -0.1) is 0 Å². The fourth-order valence-corrected chi connectivity index (χ4v) is 4.50. The molecule has 0 unspecified atom stereocenters. The van der Waals surface area contributed by atoms with Crippen molar-refractivity contribution < 1.29 is 4.74 Å². The van der Waals surface area contributed by atoms with Crippen molar-refractivity contribution in [1.29, 1.82) is 0 Å². The number of aromatic nitrogens is 3. The van der Waals surface area contributed by atoms with Crippen LogP contribution in [0.2, 0.25) is 0 Å². The van der Waals surface area contributed by atoms with Crippen LogP contribution >= 0.6 is 0 Å². The molecule has 0 fully saturated rings. The molecule has 5 nitrogen and oxygen atoms in total. The first-order chi connectivity index (χ1) is 15.1. The average molecular weight is 416 g/mol. The van der Waals surface area contributed by atoms with Gasteiger partial charge in [0.25, 0.3) is 0 Å². The second kappa shape index (κ2) is 8.80. The molecule has 0 aliphatic carbocycles. The number of hydrogen-bond acceptors (Lipinski definition) is 3. The standard InChI is InChI=1S/C26H29N3O2/c1-5-21-23-24(18-13-9-8-10-14-18)27-20(17-19-15-11-12-16-22(19)31-4)25(23)29(7-3)26(30)28(21)6-2/h8-16H,5-7,17H2,1-4H3. The van der Waals surface area contributed by atoms with E-state index in [9.17, 15) is 4.79 Å². The van der Waals surface area contributed by atoms with Crippen molar-refractivity contribution in [3.8, 4) is 28.3 Å². The maximum Gasteiger partial charge on any atom is 0.328 e. The van der Waals surface area contributed by atoms with E-state index in [1.165, 1.54) is 0 Å². The Morgan fingerprint density at radius 1 is 0.903 bits per heavy atom. The molecule has 0 bridgehead atoms. The summed E-state index contributed by atoms with van der Waals surface area (Å²) in [6.07, 6.45) is 1.37. The predicted molar refractivity (Wildman–Crippen MR) is 125 cm³/mol. The zero-order chi connectivity index (χ0) is 22.0. The third-order valence-corrected chi connectivity index (χ3v) is 5.90. The summed E-state index contributed by atoms with van der Waals surface area (Å²) in [6, 6.07) is 18.3. The molecule has 0 amide bonds. The molecule has 2 aliphatic heterocycles. The summed E-state index contributed by atoms with van der Waals surface area (Å²) in [5, 5.41) is 0. The molecule has 0 atom stereocenters. The van der Waals surface area contributed by atoms with Crippen molar-refractivity contribution in [2.75, 3.05) is 7.11 Å². The zero-order valence-electron chi connectivity index (χ0n) is 18.7. The highest BCUT2D eigenvalue weighted by Crippen LogP contribution is 2.39. The molecule has 0 spiro atoms. The van der Waals surface area contributed by atoms with Gasteiger partial charge in [-0.1, -0.05) is 55.5 Å². The summed E-state index contributed by atoms with van der Waals surface area (Å²) in [4.78, 5) is 18.5. The molecule has 2 aromatic carbocycles. The average Bonchev–Trinajstić information content (AvgIpc) is 3.18. The van der Waals surface area contributed by atoms with Gasteiger partial charge in [0.2, 0.25) is 0 Å². The van der Waals surface area contributed by atoms with Gasteiger partial charge in [0, 0.05) is 41.9 Å². The molecule has 0 radical (unpaired) electrons. The highest BCUT2D eigenvalue weighted by atomic mass is 16.5. The van der Waals surface area contributed by atoms with Crippen LogP contribution in [0.3, 0.4) is 0 Å². The van der Waals surface area contributed by atoms with Gasteiger partial charge in [-0.3, -0.25) is 9.13 Å². The SMILES string of the molecule is CCc1c2c(-c3ccccc3)nc(Cc3ccccc3OC)c-2n(CC)c(=O)n1CC. The molecule has 2 aliphatic rings. The molecule has 2 aromatic rings. The molecule has 4 rings (SSSR count). The Morgan fingerprint density at radius 3 is 2.23 bits per heavy atom. The molecule has 0 aromatic heterocycles. The molecule has 2 heterocycles. The number of fused-ring (bicyclic) bond motifs is 1. The minimum atomic E-state index is 0.0302. The van der Waals surface area contributed by atoms with Crippen LogP contribution in [0.5, 0.6) is 5.75 Å². The van der Waals surface area contributed by atoms with E-state index >= 15 is 0 Å². The van der Waals surface area contributed by atoms with Gasteiger partial charge in [-0.05, 0) is 26.3 Å². The summed E-state index contributed by atoms with van der Waals surface area (Å²) in [7, 11) is 1.69. The van der Waals surface area contributed by atoms with Crippen LogP contribution in [0.25, 0.3) is 22.5 Å². The summed E-state index contributed by atoms with van der Waals surface area (Å²) < 4.78 is 9.36. The van der Waals surface area contributed by atoms with Gasteiger partial charge in [0.05, 0.1) is 24.2 Å². The van der Waals surface area contributed by atoms with Crippen molar-refractivity contribution in [2.45, 2.75) is 46.7 Å². The molecule has 160 valence electrons. The van der Waals surface area contributed by atoms with Gasteiger partial charge in [0.15, 0.2) is 0 Å². The second-order valence-corrected chi connectivity index (χ2v) is 7.56. The van der Waals surface area contributed by atoms with Crippen molar-refractivity contribution in [1.82, 2.24) is 14.1 Å². The lowest BCUT2D eigenvalue weighted by Gasteiger charge is -2.21. The van der Waals surface area contributed by atoms with Crippen LogP contribution in [0.4, 0.5) is 0 Å². The first-order valence-corrected chi connectivity index (χ1v) is 11.0. The maximum absolute atomic E-state index is 13.4. The zero-order valence-corrected chi connectivity index (χ0v) is 18.7. The molecule has 0 N–H and O–H groups in total. The van der Waals surface area contributed by atoms with E-state index < -0.39 is 0 Å². The minimum Gasteiger partial charge on any atom is -0.496 e. The summed E-state index contributed by atoms with van der Waals surface area (Å²) in [5.74, 6) is 0.834. The van der Waals surface area contributed by atoms with Crippen LogP contribution in [0.15, 0.2) is 59.4 Å². The molecule has 0 saturated carbocycles. The Hall–Kier alpha value is -3.34. The van der Waals surface area contributed by atoms with Crippen LogP contribution < -0.4 is 10.4 Å². The molecular weight excluding hydrogens is 386 g/mol. The number of rotatable bonds is 7. The van der Waals surface area contributed by atoms with Crippen LogP contribution in [-0.2, 0) is 25.9 Å². The fraction of sp³-hybridized carbons (Fsp3) is 0.308. The number of nitrogens with zero attached hydrogens (tertiary/aromatic N) is 3. The molecule has 31 heavy (non-hydrogen) atoms. The predicted octanol–water partition coefficient (Wildman–Crippen LogP) is 5.02. The molecule has 5 heteroatoms. The van der Waals surface area contributed by atoms with Crippen molar-refractivity contribution in [2.24, 2.45) is 0 Å². The number of hydrogen-bond donors (Lipinski definition) is 0. The van der Waals surface area contributed by atoms with E-state index in [0.717, 1.165) is 51.6 Å². The summed E-state index contributed by atoms with van der Waals surface area (Å²) >= 11 is 0. The van der Waals surface area contributed by atoms with Crippen molar-refractivity contribution in [3.63, 3.8) is 0 Å². The number of benzene rings is 2. The van der Waals surface area contributed by atoms with Gasteiger partial charge < -0.3 is 4.74 Å². The lowest BCUT2D eigenvalue weighted by Crippen LogP contribution is -2.34. The van der Waals surface area contributed by atoms with Crippen LogP contribution in [0, 0.1) is 0 Å². The smallest absolute Gasteiger partial charge is 0.328 e. The first kappa shape index (κ1) is 20.9. The van der Waals surface area contributed by atoms with Gasteiger partial charge >= 0.3 is 5.69 Å². The lowest BCUT2D eigenvalue weighted by atomic mass is 9.99. The second-order valence-electron chi connectivity index (χ2n) is 7.56. The first-order valence-electron chi connectivity index (χ1n) is 11.0. The number of methoxy groups -OCH3 is 1. The highest BCUT2D eigenvalue weighted by molar-refractivity contribution is 5.85. The Morgan fingerprint density at radius 2 is 1.58 bits per heavy atom. The largest absolute Gasteiger partial charge is 0.496 e. The topological polar surface area (TPSA) is 49.1 Å². The number of ether oxygens (including phenoxy) is 1. The quantitative estimate of drug-likeness (QED) is 0.426. The Kier molecular flexibility index (Phi) is 5.94. The lowest BCUT2D eigenvalue weighted by molar-refractivity contribution is 0.410. The van der Waals surface area contributed by atoms with Gasteiger partial charge in [0.1, 0.15) is 5.75 Å². The summed E-state index contributed by atoms with van der Waals surface area (Å²) in [5.41, 5.74) is 7.09. The van der Waals surface area contributed by atoms with Crippen molar-refractivity contribution in [3.05, 3.63) is 82.0 Å². The minimum absolute atomic E-state index is 0.0302. The van der Waals surface area contributed by atoms with E-state index in [2.05, 4.69) is 25.1 Å². The summed E-state index contributed by atoms with van der Waals surface area (Å²) in [6.45, 7) is 7.39. The van der Waals surface area contributed by atoms with E-state index in [-0.39, 0.29) is 5.69 Å². The normalized spacial score (nSPS) is 11.2. The Bertz CT molecular complexity index is 1220. The Balaban J connectivity index is 2.06. The van der Waals surface area contributed by atoms with E-state index in [1.807, 2.05) is 59.4 Å². The monoisotopic (exact) mass is 415 g/mol. The van der Waals surface area contributed by atoms with E-state index in [1.54, 1.807) is 7.11 Å². The third-order valence-electron chi connectivity index (χ3n) is 5.90. The fourth-order valence-electron chi connectivity index (χ4n) is 4.50. The van der Waals surface area contributed by atoms with Gasteiger partial charge in [-0.2, -0.15) is 0 Å². The van der Waals surface area contributed by atoms with Crippen molar-refractivity contribution >= 4 is 0 Å². The van der Waals surface area contributed by atoms with Crippen LogP contribution in [-0.4, -0.2) is 21.2 Å². The van der Waals surface area contributed by atoms with E-state index in [0.29, 0.717) is 19.5 Å².